The van der Waals surface area contributed by atoms with E-state index in [2.05, 4.69) is 70.5 Å². The van der Waals surface area contributed by atoms with Gasteiger partial charge in [0.15, 0.2) is 0 Å². The van der Waals surface area contributed by atoms with Crippen LogP contribution in [0.25, 0.3) is 0 Å². The molecular formula is C32H32F2N2O. The molecule has 0 aliphatic carbocycles. The molecule has 0 spiro atoms. The monoisotopic (exact) mass is 498 g/mol. The van der Waals surface area contributed by atoms with Crippen molar-refractivity contribution in [2.75, 3.05) is 39.3 Å². The van der Waals surface area contributed by atoms with Crippen molar-refractivity contribution < 1.29 is 13.5 Å². The highest BCUT2D eigenvalue weighted by Gasteiger charge is 2.26. The molecule has 5 rings (SSSR count). The second-order valence-electron chi connectivity index (χ2n) is 9.46. The lowest BCUT2D eigenvalue weighted by atomic mass is 9.96. The van der Waals surface area contributed by atoms with Crippen molar-refractivity contribution in [3.63, 3.8) is 0 Å². The minimum atomic E-state index is -0.372. The van der Waals surface area contributed by atoms with Crippen LogP contribution in [0.15, 0.2) is 109 Å². The summed E-state index contributed by atoms with van der Waals surface area (Å²) in [6.07, 6.45) is -0.372. The third-order valence-electron chi connectivity index (χ3n) is 7.04. The molecular weight excluding hydrogens is 466 g/mol. The van der Waals surface area contributed by atoms with Crippen LogP contribution < -0.4 is 0 Å². The summed E-state index contributed by atoms with van der Waals surface area (Å²) in [5, 5.41) is 0. The summed E-state index contributed by atoms with van der Waals surface area (Å²) < 4.78 is 33.3. The van der Waals surface area contributed by atoms with Crippen LogP contribution in [0.5, 0.6) is 0 Å². The highest BCUT2D eigenvalue weighted by molar-refractivity contribution is 5.32. The van der Waals surface area contributed by atoms with Gasteiger partial charge >= 0.3 is 0 Å². The summed E-state index contributed by atoms with van der Waals surface area (Å²) in [7, 11) is 0. The average molecular weight is 499 g/mol. The Kier molecular flexibility index (Phi) is 8.36. The van der Waals surface area contributed by atoms with Crippen molar-refractivity contribution in [2.24, 2.45) is 0 Å². The number of hydrogen-bond donors (Lipinski definition) is 0. The lowest BCUT2D eigenvalue weighted by molar-refractivity contribution is 0.0407. The molecule has 0 amide bonds. The van der Waals surface area contributed by atoms with E-state index in [0.29, 0.717) is 6.61 Å². The Morgan fingerprint density at radius 2 is 1.03 bits per heavy atom. The number of piperazine rings is 1. The van der Waals surface area contributed by atoms with Crippen LogP contribution in [0.3, 0.4) is 0 Å². The van der Waals surface area contributed by atoms with Crippen molar-refractivity contribution in [2.45, 2.75) is 12.1 Å². The van der Waals surface area contributed by atoms with E-state index in [1.807, 2.05) is 0 Å². The Balaban J connectivity index is 1.21. The van der Waals surface area contributed by atoms with Gasteiger partial charge in [-0.2, -0.15) is 0 Å². The maximum atomic E-state index is 13.5. The summed E-state index contributed by atoms with van der Waals surface area (Å²) in [5.41, 5.74) is 4.33. The fraction of sp³-hybridized carbons (Fsp3) is 0.250. The van der Waals surface area contributed by atoms with E-state index in [9.17, 15) is 8.78 Å². The van der Waals surface area contributed by atoms with Crippen molar-refractivity contribution in [3.05, 3.63) is 143 Å². The fourth-order valence-corrected chi connectivity index (χ4v) is 5.09. The molecule has 1 saturated heterocycles. The van der Waals surface area contributed by atoms with E-state index in [1.54, 1.807) is 24.3 Å². The first-order valence-electron chi connectivity index (χ1n) is 12.9. The van der Waals surface area contributed by atoms with Crippen LogP contribution in [0.4, 0.5) is 8.78 Å². The number of ether oxygens (including phenoxy) is 1. The summed E-state index contributed by atoms with van der Waals surface area (Å²) in [5.74, 6) is -0.576. The van der Waals surface area contributed by atoms with Gasteiger partial charge in [-0.3, -0.25) is 9.80 Å². The van der Waals surface area contributed by atoms with Gasteiger partial charge in [-0.1, -0.05) is 84.9 Å². The zero-order valence-electron chi connectivity index (χ0n) is 20.8. The average Bonchev–Trinajstić information content (AvgIpc) is 2.95. The number of rotatable bonds is 9. The van der Waals surface area contributed by atoms with Crippen molar-refractivity contribution in [1.29, 1.82) is 0 Å². The summed E-state index contributed by atoms with van der Waals surface area (Å²) in [4.78, 5) is 4.98. The molecule has 4 aromatic rings. The molecule has 0 N–H and O–H groups in total. The van der Waals surface area contributed by atoms with E-state index in [1.165, 1.54) is 35.4 Å². The molecule has 0 radical (unpaired) electrons. The normalized spacial score (nSPS) is 14.9. The minimum absolute atomic E-state index is 0.238. The van der Waals surface area contributed by atoms with Gasteiger partial charge in [0.2, 0.25) is 0 Å². The molecule has 0 aromatic heterocycles. The Morgan fingerprint density at radius 1 is 0.568 bits per heavy atom. The fourth-order valence-electron chi connectivity index (χ4n) is 5.09. The molecule has 0 saturated carbocycles. The number of halogens is 2. The van der Waals surface area contributed by atoms with Crippen LogP contribution >= 0.6 is 0 Å². The first-order valence-corrected chi connectivity index (χ1v) is 12.9. The number of benzene rings is 4. The number of nitrogens with zero attached hydrogens (tertiary/aromatic N) is 2. The zero-order chi connectivity index (χ0) is 25.5. The van der Waals surface area contributed by atoms with Gasteiger partial charge in [0, 0.05) is 32.7 Å². The van der Waals surface area contributed by atoms with Crippen molar-refractivity contribution in [3.8, 4) is 0 Å². The van der Waals surface area contributed by atoms with Gasteiger partial charge < -0.3 is 4.74 Å². The van der Waals surface area contributed by atoms with Crippen LogP contribution in [0, 0.1) is 11.6 Å². The Hall–Kier alpha value is -3.38. The maximum Gasteiger partial charge on any atom is 0.123 e. The first kappa shape index (κ1) is 25.3. The van der Waals surface area contributed by atoms with E-state index in [0.717, 1.165) is 43.9 Å². The topological polar surface area (TPSA) is 15.7 Å². The van der Waals surface area contributed by atoms with Gasteiger partial charge in [-0.25, -0.2) is 8.78 Å². The van der Waals surface area contributed by atoms with E-state index < -0.39 is 0 Å². The lowest BCUT2D eigenvalue weighted by Crippen LogP contribution is -2.48. The van der Waals surface area contributed by atoms with Crippen LogP contribution in [-0.2, 0) is 4.74 Å². The second-order valence-corrected chi connectivity index (χ2v) is 9.46. The molecule has 0 atom stereocenters. The second kappa shape index (κ2) is 12.2. The first-order chi connectivity index (χ1) is 18.2. The predicted octanol–water partition coefficient (Wildman–Crippen LogP) is 6.48. The standard InChI is InChI=1S/C32H32F2N2O/c33-29-15-11-27(12-16-29)32(28-13-17-30(34)18-14-28)37-24-23-35-19-21-36(22-20-35)31(25-7-3-1-4-8-25)26-9-5-2-6-10-26/h1-18,31-32H,19-24H2. The SMILES string of the molecule is Fc1ccc(C(OCCN2CCN(C(c3ccccc3)c3ccccc3)CC2)c2ccc(F)cc2)cc1. The molecule has 1 heterocycles. The molecule has 1 aliphatic heterocycles. The van der Waals surface area contributed by atoms with Gasteiger partial charge in [-0.05, 0) is 46.5 Å². The molecule has 3 nitrogen and oxygen atoms in total. The predicted molar refractivity (Wildman–Crippen MR) is 143 cm³/mol. The van der Waals surface area contributed by atoms with Crippen molar-refractivity contribution >= 4 is 0 Å². The Morgan fingerprint density at radius 3 is 1.49 bits per heavy atom. The van der Waals surface area contributed by atoms with Gasteiger partial charge in [0.25, 0.3) is 0 Å². The Bertz CT molecular complexity index is 1140. The van der Waals surface area contributed by atoms with Gasteiger partial charge in [0.1, 0.15) is 17.7 Å². The van der Waals surface area contributed by atoms with E-state index >= 15 is 0 Å². The molecule has 37 heavy (non-hydrogen) atoms. The molecule has 5 heteroatoms. The van der Waals surface area contributed by atoms with Crippen LogP contribution in [-0.4, -0.2) is 49.1 Å². The van der Waals surface area contributed by atoms with Gasteiger partial charge in [0.05, 0.1) is 12.6 Å². The third kappa shape index (κ3) is 6.50. The molecule has 0 bridgehead atoms. The molecule has 1 aliphatic rings. The van der Waals surface area contributed by atoms with Crippen LogP contribution in [0.2, 0.25) is 0 Å². The Labute approximate surface area is 217 Å². The lowest BCUT2D eigenvalue weighted by Gasteiger charge is -2.40. The molecule has 4 aromatic carbocycles. The van der Waals surface area contributed by atoms with Gasteiger partial charge in [-0.15, -0.1) is 0 Å². The number of hydrogen-bond acceptors (Lipinski definition) is 3. The molecule has 190 valence electrons. The van der Waals surface area contributed by atoms with E-state index in [-0.39, 0.29) is 23.8 Å². The van der Waals surface area contributed by atoms with E-state index in [4.69, 9.17) is 4.74 Å². The largest absolute Gasteiger partial charge is 0.367 e. The maximum absolute atomic E-state index is 13.5. The van der Waals surface area contributed by atoms with Crippen LogP contribution in [0.1, 0.15) is 34.4 Å². The minimum Gasteiger partial charge on any atom is -0.367 e. The highest BCUT2D eigenvalue weighted by Crippen LogP contribution is 2.30. The summed E-state index contributed by atoms with van der Waals surface area (Å²) in [6.45, 7) is 5.17. The quantitative estimate of drug-likeness (QED) is 0.263. The highest BCUT2D eigenvalue weighted by atomic mass is 19.1. The summed E-state index contributed by atoms with van der Waals surface area (Å²) in [6, 6.07) is 34.3. The van der Waals surface area contributed by atoms with Crippen molar-refractivity contribution in [1.82, 2.24) is 9.80 Å². The summed E-state index contributed by atoms with van der Waals surface area (Å²) >= 11 is 0. The third-order valence-corrected chi connectivity index (χ3v) is 7.04. The zero-order valence-corrected chi connectivity index (χ0v) is 20.8. The molecule has 0 unspecified atom stereocenters. The smallest absolute Gasteiger partial charge is 0.123 e. The molecule has 1 fully saturated rings.